The molecule has 2 aromatic rings. The molecule has 0 bridgehead atoms. The Hall–Kier alpha value is -1.88. The van der Waals surface area contributed by atoms with Crippen molar-refractivity contribution in [1.29, 1.82) is 0 Å². The van der Waals surface area contributed by atoms with Crippen LogP contribution >= 0.6 is 0 Å². The zero-order chi connectivity index (χ0) is 13.3. The Balaban J connectivity index is 2.84. The highest BCUT2D eigenvalue weighted by molar-refractivity contribution is 5.94. The summed E-state index contributed by atoms with van der Waals surface area (Å²) in [6.07, 6.45) is 0.768. The summed E-state index contributed by atoms with van der Waals surface area (Å²) >= 11 is 0. The normalized spacial score (nSPS) is 10.7. The zero-order valence-corrected chi connectivity index (χ0v) is 10.7. The third kappa shape index (κ3) is 1.86. The Bertz CT molecular complexity index is 599. The van der Waals surface area contributed by atoms with Crippen molar-refractivity contribution < 1.29 is 9.13 Å². The molecule has 0 saturated heterocycles. The number of nitrogens with zero attached hydrogens (tertiary/aromatic N) is 1. The minimum absolute atomic E-state index is 0.185. The molecule has 0 atom stereocenters. The summed E-state index contributed by atoms with van der Waals surface area (Å²) in [7, 11) is 1.43. The number of nitrogen functional groups attached to an aromatic ring is 1. The number of hydrogen-bond acceptors (Lipinski definition) is 4. The predicted molar refractivity (Wildman–Crippen MR) is 70.2 cm³/mol. The van der Waals surface area contributed by atoms with Gasteiger partial charge < -0.3 is 10.2 Å². The third-order valence-corrected chi connectivity index (χ3v) is 3.08. The number of rotatable bonds is 3. The predicted octanol–water partition coefficient (Wildman–Crippen LogP) is 2.54. The molecule has 0 aliphatic rings. The van der Waals surface area contributed by atoms with Crippen molar-refractivity contribution in [1.82, 2.24) is 4.98 Å². The highest BCUT2D eigenvalue weighted by atomic mass is 19.1. The summed E-state index contributed by atoms with van der Waals surface area (Å²) in [5.41, 5.74) is 5.87. The number of aromatic nitrogens is 1. The largest absolute Gasteiger partial charge is 0.494 e. The molecule has 18 heavy (non-hydrogen) atoms. The number of fused-ring (bicyclic) bond motifs is 1. The topological polar surface area (TPSA) is 60.2 Å². The van der Waals surface area contributed by atoms with E-state index < -0.39 is 5.82 Å². The summed E-state index contributed by atoms with van der Waals surface area (Å²) in [6.45, 7) is 3.94. The van der Waals surface area contributed by atoms with Crippen molar-refractivity contribution in [3.63, 3.8) is 0 Å². The van der Waals surface area contributed by atoms with E-state index in [1.54, 1.807) is 6.07 Å². The van der Waals surface area contributed by atoms with Gasteiger partial charge in [0.05, 0.1) is 18.3 Å². The van der Waals surface area contributed by atoms with Crippen molar-refractivity contribution in [3.8, 4) is 5.75 Å². The lowest BCUT2D eigenvalue weighted by atomic mass is 10.1. The summed E-state index contributed by atoms with van der Waals surface area (Å²) < 4.78 is 18.7. The average molecular weight is 249 g/mol. The maximum atomic E-state index is 13.7. The van der Waals surface area contributed by atoms with E-state index in [4.69, 9.17) is 10.6 Å². The van der Waals surface area contributed by atoms with Gasteiger partial charge in [0, 0.05) is 17.1 Å². The third-order valence-electron chi connectivity index (χ3n) is 3.08. The Morgan fingerprint density at radius 3 is 2.72 bits per heavy atom. The molecule has 0 fully saturated rings. The Morgan fingerprint density at radius 2 is 2.17 bits per heavy atom. The number of hydrazine groups is 1. The van der Waals surface area contributed by atoms with Gasteiger partial charge in [-0.3, -0.25) is 10.8 Å². The summed E-state index contributed by atoms with van der Waals surface area (Å²) in [5.74, 6) is 5.32. The summed E-state index contributed by atoms with van der Waals surface area (Å²) in [6, 6.07) is 2.98. The van der Waals surface area contributed by atoms with Gasteiger partial charge in [0.15, 0.2) is 11.6 Å². The van der Waals surface area contributed by atoms with Crippen LogP contribution in [0.5, 0.6) is 5.75 Å². The van der Waals surface area contributed by atoms with Crippen molar-refractivity contribution in [2.24, 2.45) is 5.84 Å². The number of anilines is 1. The Kier molecular flexibility index (Phi) is 3.34. The van der Waals surface area contributed by atoms with Gasteiger partial charge in [0.2, 0.25) is 0 Å². The smallest absolute Gasteiger partial charge is 0.167 e. The van der Waals surface area contributed by atoms with Crippen LogP contribution in [0.3, 0.4) is 0 Å². The standard InChI is InChI=1S/C13H16FN3O/c1-4-10-7(2)13(17-15)8-5-12(18-3)9(14)6-11(8)16-10/h5-6H,4,15H2,1-3H3,(H,16,17). The van der Waals surface area contributed by atoms with Crippen LogP contribution in [-0.2, 0) is 6.42 Å². The van der Waals surface area contributed by atoms with Crippen LogP contribution in [0.15, 0.2) is 12.1 Å². The second-order valence-electron chi connectivity index (χ2n) is 4.06. The SMILES string of the molecule is CCc1nc2cc(F)c(OC)cc2c(NN)c1C. The van der Waals surface area contributed by atoms with Crippen molar-refractivity contribution in [2.75, 3.05) is 12.5 Å². The monoisotopic (exact) mass is 249 g/mol. The number of nitrogens with two attached hydrogens (primary N) is 1. The van der Waals surface area contributed by atoms with Gasteiger partial charge in [0.25, 0.3) is 0 Å². The molecule has 1 heterocycles. The molecule has 1 aromatic heterocycles. The lowest BCUT2D eigenvalue weighted by Crippen LogP contribution is -2.11. The molecule has 5 heteroatoms. The lowest BCUT2D eigenvalue weighted by molar-refractivity contribution is 0.387. The van der Waals surface area contributed by atoms with E-state index in [0.717, 1.165) is 28.8 Å². The van der Waals surface area contributed by atoms with Crippen molar-refractivity contribution >= 4 is 16.6 Å². The minimum Gasteiger partial charge on any atom is -0.494 e. The van der Waals surface area contributed by atoms with E-state index in [1.807, 2.05) is 13.8 Å². The van der Waals surface area contributed by atoms with Crippen LogP contribution < -0.4 is 16.0 Å². The number of halogens is 1. The number of benzene rings is 1. The lowest BCUT2D eigenvalue weighted by Gasteiger charge is -2.14. The van der Waals surface area contributed by atoms with Crippen LogP contribution in [0, 0.1) is 12.7 Å². The first-order valence-electron chi connectivity index (χ1n) is 5.75. The van der Waals surface area contributed by atoms with Crippen LogP contribution in [0.4, 0.5) is 10.1 Å². The molecule has 0 aliphatic carbocycles. The fourth-order valence-electron chi connectivity index (χ4n) is 2.10. The summed E-state index contributed by atoms with van der Waals surface area (Å²) in [4.78, 5) is 4.45. The molecule has 0 amide bonds. The van der Waals surface area contributed by atoms with E-state index >= 15 is 0 Å². The van der Waals surface area contributed by atoms with E-state index in [1.165, 1.54) is 13.2 Å². The maximum Gasteiger partial charge on any atom is 0.167 e. The molecule has 96 valence electrons. The molecule has 1 aromatic carbocycles. The number of methoxy groups -OCH3 is 1. The second-order valence-corrected chi connectivity index (χ2v) is 4.06. The number of aryl methyl sites for hydroxylation is 1. The summed E-state index contributed by atoms with van der Waals surface area (Å²) in [5, 5.41) is 0.755. The van der Waals surface area contributed by atoms with Gasteiger partial charge in [-0.05, 0) is 25.0 Å². The number of pyridine rings is 1. The van der Waals surface area contributed by atoms with Crippen molar-refractivity contribution in [2.45, 2.75) is 20.3 Å². The fourth-order valence-corrected chi connectivity index (χ4v) is 2.10. The van der Waals surface area contributed by atoms with E-state index in [0.29, 0.717) is 5.52 Å². The van der Waals surface area contributed by atoms with Gasteiger partial charge >= 0.3 is 0 Å². The van der Waals surface area contributed by atoms with Crippen LogP contribution in [0.25, 0.3) is 10.9 Å². The van der Waals surface area contributed by atoms with Gasteiger partial charge in [-0.15, -0.1) is 0 Å². The highest BCUT2D eigenvalue weighted by Crippen LogP contribution is 2.32. The Labute approximate surface area is 105 Å². The minimum atomic E-state index is -0.425. The van der Waals surface area contributed by atoms with Gasteiger partial charge in [-0.25, -0.2) is 4.39 Å². The fraction of sp³-hybridized carbons (Fsp3) is 0.308. The van der Waals surface area contributed by atoms with Gasteiger partial charge in [-0.1, -0.05) is 6.92 Å². The molecular formula is C13H16FN3O. The molecular weight excluding hydrogens is 233 g/mol. The van der Waals surface area contributed by atoms with Crippen LogP contribution in [0.2, 0.25) is 0 Å². The first kappa shape index (κ1) is 12.6. The van der Waals surface area contributed by atoms with E-state index in [9.17, 15) is 4.39 Å². The zero-order valence-electron chi connectivity index (χ0n) is 10.7. The van der Waals surface area contributed by atoms with Gasteiger partial charge in [-0.2, -0.15) is 0 Å². The molecule has 0 radical (unpaired) electrons. The van der Waals surface area contributed by atoms with E-state index in [2.05, 4.69) is 10.4 Å². The number of nitrogens with one attached hydrogen (secondary N) is 1. The quantitative estimate of drug-likeness (QED) is 0.648. The first-order chi connectivity index (χ1) is 8.62. The second kappa shape index (κ2) is 4.78. The van der Waals surface area contributed by atoms with Crippen LogP contribution in [0.1, 0.15) is 18.2 Å². The van der Waals surface area contributed by atoms with E-state index in [-0.39, 0.29) is 5.75 Å². The highest BCUT2D eigenvalue weighted by Gasteiger charge is 2.13. The molecule has 3 N–H and O–H groups in total. The molecule has 2 rings (SSSR count). The number of hydrogen-bond donors (Lipinski definition) is 2. The van der Waals surface area contributed by atoms with Crippen LogP contribution in [-0.4, -0.2) is 12.1 Å². The molecule has 0 saturated carbocycles. The first-order valence-corrected chi connectivity index (χ1v) is 5.75. The molecule has 0 aliphatic heterocycles. The molecule has 4 nitrogen and oxygen atoms in total. The van der Waals surface area contributed by atoms with Crippen molar-refractivity contribution in [3.05, 3.63) is 29.2 Å². The Morgan fingerprint density at radius 1 is 1.44 bits per heavy atom. The maximum absolute atomic E-state index is 13.7. The number of ether oxygens (including phenoxy) is 1. The molecule has 0 unspecified atom stereocenters. The average Bonchev–Trinajstić information content (AvgIpc) is 2.37. The van der Waals surface area contributed by atoms with Gasteiger partial charge in [0.1, 0.15) is 0 Å². The molecule has 0 spiro atoms.